The Labute approximate surface area is 206 Å². The van der Waals surface area contributed by atoms with Crippen molar-refractivity contribution in [2.75, 3.05) is 25.0 Å². The van der Waals surface area contributed by atoms with Crippen molar-refractivity contribution in [1.29, 1.82) is 0 Å². The van der Waals surface area contributed by atoms with Crippen molar-refractivity contribution in [3.05, 3.63) is 71.3 Å². The third-order valence-electron chi connectivity index (χ3n) is 5.63. The fourth-order valence-electron chi connectivity index (χ4n) is 3.99. The number of ether oxygens (including phenoxy) is 1. The van der Waals surface area contributed by atoms with Crippen LogP contribution < -0.4 is 16.0 Å². The summed E-state index contributed by atoms with van der Waals surface area (Å²) >= 11 is 0. The zero-order chi connectivity index (χ0) is 25.2. The summed E-state index contributed by atoms with van der Waals surface area (Å²) in [6, 6.07) is 15.3. The van der Waals surface area contributed by atoms with E-state index in [-0.39, 0.29) is 18.7 Å². The van der Waals surface area contributed by atoms with Crippen LogP contribution in [0.2, 0.25) is 0 Å². The maximum Gasteiger partial charge on any atom is 0.338 e. The molecule has 1 atom stereocenters. The molecule has 2 aromatic rings. The summed E-state index contributed by atoms with van der Waals surface area (Å²) in [6.07, 6.45) is 2.64. The number of carbonyl (C=O) groups excluding carboxylic acids is 3. The first-order valence-electron chi connectivity index (χ1n) is 12.2. The van der Waals surface area contributed by atoms with Crippen LogP contribution in [-0.4, -0.2) is 42.6 Å². The molecule has 1 heterocycles. The second-order valence-electron chi connectivity index (χ2n) is 8.24. The van der Waals surface area contributed by atoms with Crippen LogP contribution >= 0.6 is 0 Å². The van der Waals surface area contributed by atoms with Gasteiger partial charge < -0.3 is 20.7 Å². The number of hydrogen-bond donors (Lipinski definition) is 3. The van der Waals surface area contributed by atoms with Crippen molar-refractivity contribution in [3.63, 3.8) is 0 Å². The van der Waals surface area contributed by atoms with Crippen LogP contribution in [0.15, 0.2) is 60.2 Å². The summed E-state index contributed by atoms with van der Waals surface area (Å²) in [5.41, 5.74) is 3.03. The maximum absolute atomic E-state index is 13.2. The highest BCUT2D eigenvalue weighted by Gasteiger charge is 2.38. The molecule has 4 amide bonds. The van der Waals surface area contributed by atoms with Gasteiger partial charge in [0, 0.05) is 18.8 Å². The Morgan fingerprint density at radius 2 is 1.71 bits per heavy atom. The van der Waals surface area contributed by atoms with Crippen LogP contribution in [0.3, 0.4) is 0 Å². The van der Waals surface area contributed by atoms with E-state index in [0.29, 0.717) is 35.6 Å². The molecule has 1 aliphatic heterocycles. The summed E-state index contributed by atoms with van der Waals surface area (Å²) in [4.78, 5) is 40.1. The van der Waals surface area contributed by atoms with E-state index >= 15 is 0 Å². The minimum atomic E-state index is -0.697. The first-order chi connectivity index (χ1) is 17.0. The first kappa shape index (κ1) is 25.8. The molecule has 1 unspecified atom stereocenters. The molecule has 0 spiro atoms. The molecular weight excluding hydrogens is 444 g/mol. The Kier molecular flexibility index (Phi) is 9.29. The molecular formula is C27H34N4O4. The molecule has 8 nitrogen and oxygen atoms in total. The van der Waals surface area contributed by atoms with Gasteiger partial charge in [0.05, 0.1) is 23.9 Å². The Morgan fingerprint density at radius 1 is 1.00 bits per heavy atom. The Balaban J connectivity index is 1.99. The lowest BCUT2D eigenvalue weighted by Gasteiger charge is -2.36. The topological polar surface area (TPSA) is 99.8 Å². The van der Waals surface area contributed by atoms with Gasteiger partial charge in [-0.1, -0.05) is 62.7 Å². The number of unbranched alkanes of at least 4 members (excludes halogenated alkanes) is 1. The van der Waals surface area contributed by atoms with Crippen LogP contribution in [-0.2, 0) is 9.53 Å². The van der Waals surface area contributed by atoms with Crippen molar-refractivity contribution in [2.45, 2.75) is 46.1 Å². The van der Waals surface area contributed by atoms with E-state index in [0.717, 1.165) is 24.8 Å². The standard InChI is InChI=1S/C27H34N4O4/c1-4-7-17-28-26(33)29-21-15-13-19(14-16-21)23-22(25(32)35-6-3)24(20-11-9-8-10-12-20)31(18-5-2)27(34)30-23/h8-16,23H,4-7,17-18H2,1-3H3,(H,30,34)(H2,28,29,33). The fraction of sp³-hybridized carbons (Fsp3) is 0.370. The molecule has 0 bridgehead atoms. The number of carbonyl (C=O) groups is 3. The van der Waals surface area contributed by atoms with E-state index in [4.69, 9.17) is 4.74 Å². The van der Waals surface area contributed by atoms with Gasteiger partial charge in [0.25, 0.3) is 0 Å². The number of anilines is 1. The summed E-state index contributed by atoms with van der Waals surface area (Å²) in [5.74, 6) is -0.477. The van der Waals surface area contributed by atoms with Crippen LogP contribution in [0, 0.1) is 0 Å². The van der Waals surface area contributed by atoms with Gasteiger partial charge in [-0.15, -0.1) is 0 Å². The van der Waals surface area contributed by atoms with Gasteiger partial charge in [0.2, 0.25) is 0 Å². The number of nitrogens with one attached hydrogen (secondary N) is 3. The minimum absolute atomic E-state index is 0.217. The zero-order valence-electron chi connectivity index (χ0n) is 20.6. The van der Waals surface area contributed by atoms with Gasteiger partial charge in [-0.2, -0.15) is 0 Å². The Hall–Kier alpha value is -3.81. The molecule has 3 rings (SSSR count). The first-order valence-corrected chi connectivity index (χ1v) is 12.2. The Morgan fingerprint density at radius 3 is 2.34 bits per heavy atom. The normalized spacial score (nSPS) is 15.5. The number of esters is 1. The molecule has 0 radical (unpaired) electrons. The molecule has 0 aromatic heterocycles. The molecule has 8 heteroatoms. The molecule has 35 heavy (non-hydrogen) atoms. The van der Waals surface area contributed by atoms with Crippen molar-refractivity contribution in [2.24, 2.45) is 0 Å². The second-order valence-corrected chi connectivity index (χ2v) is 8.24. The van der Waals surface area contributed by atoms with E-state index in [1.54, 1.807) is 36.1 Å². The second kappa shape index (κ2) is 12.6. The highest BCUT2D eigenvalue weighted by Crippen LogP contribution is 2.37. The lowest BCUT2D eigenvalue weighted by atomic mass is 9.91. The summed E-state index contributed by atoms with van der Waals surface area (Å²) in [7, 11) is 0. The molecule has 0 saturated heterocycles. The van der Waals surface area contributed by atoms with Gasteiger partial charge in [0.15, 0.2) is 0 Å². The predicted molar refractivity (Wildman–Crippen MR) is 137 cm³/mol. The number of urea groups is 2. The largest absolute Gasteiger partial charge is 0.463 e. The average Bonchev–Trinajstić information content (AvgIpc) is 2.86. The van der Waals surface area contributed by atoms with Gasteiger partial charge in [-0.05, 0) is 43.0 Å². The number of rotatable bonds is 10. The monoisotopic (exact) mass is 478 g/mol. The molecule has 2 aromatic carbocycles. The number of benzene rings is 2. The van der Waals surface area contributed by atoms with E-state index in [1.807, 2.05) is 37.3 Å². The third kappa shape index (κ3) is 6.41. The van der Waals surface area contributed by atoms with E-state index in [9.17, 15) is 14.4 Å². The zero-order valence-corrected chi connectivity index (χ0v) is 20.6. The van der Waals surface area contributed by atoms with E-state index < -0.39 is 12.0 Å². The van der Waals surface area contributed by atoms with Crippen LogP contribution in [0.4, 0.5) is 15.3 Å². The van der Waals surface area contributed by atoms with Gasteiger partial charge in [-0.25, -0.2) is 14.4 Å². The molecule has 186 valence electrons. The van der Waals surface area contributed by atoms with Crippen molar-refractivity contribution >= 4 is 29.4 Å². The molecule has 0 saturated carbocycles. The number of hydrogen-bond acceptors (Lipinski definition) is 4. The van der Waals surface area contributed by atoms with Gasteiger partial charge in [-0.3, -0.25) is 4.90 Å². The molecule has 0 aliphatic carbocycles. The maximum atomic E-state index is 13.2. The SMILES string of the molecule is CCCCNC(=O)Nc1ccc(C2NC(=O)N(CCC)C(c3ccccc3)=C2C(=O)OCC)cc1. The Bertz CT molecular complexity index is 1050. The minimum Gasteiger partial charge on any atom is -0.463 e. The average molecular weight is 479 g/mol. The summed E-state index contributed by atoms with van der Waals surface area (Å²) in [5, 5.41) is 8.59. The lowest BCUT2D eigenvalue weighted by Crippen LogP contribution is -2.48. The van der Waals surface area contributed by atoms with Crippen LogP contribution in [0.1, 0.15) is 57.2 Å². The molecule has 0 fully saturated rings. The van der Waals surface area contributed by atoms with Gasteiger partial charge in [0.1, 0.15) is 0 Å². The fourth-order valence-corrected chi connectivity index (χ4v) is 3.99. The third-order valence-corrected chi connectivity index (χ3v) is 5.63. The molecule has 1 aliphatic rings. The van der Waals surface area contributed by atoms with Crippen LogP contribution in [0.25, 0.3) is 5.70 Å². The summed E-state index contributed by atoms with van der Waals surface area (Å²) < 4.78 is 5.43. The van der Waals surface area contributed by atoms with Gasteiger partial charge >= 0.3 is 18.0 Å². The molecule has 3 N–H and O–H groups in total. The quantitative estimate of drug-likeness (QED) is 0.328. The number of nitrogens with zero attached hydrogens (tertiary/aromatic N) is 1. The predicted octanol–water partition coefficient (Wildman–Crippen LogP) is 5.06. The van der Waals surface area contributed by atoms with E-state index in [1.165, 1.54) is 0 Å². The van der Waals surface area contributed by atoms with Crippen molar-refractivity contribution < 1.29 is 19.1 Å². The van der Waals surface area contributed by atoms with Crippen LogP contribution in [0.5, 0.6) is 0 Å². The highest BCUT2D eigenvalue weighted by atomic mass is 16.5. The lowest BCUT2D eigenvalue weighted by molar-refractivity contribution is -0.138. The number of amides is 4. The van der Waals surface area contributed by atoms with Crippen molar-refractivity contribution in [1.82, 2.24) is 15.5 Å². The highest BCUT2D eigenvalue weighted by molar-refractivity contribution is 6.04. The summed E-state index contributed by atoms with van der Waals surface area (Å²) in [6.45, 7) is 7.09. The smallest absolute Gasteiger partial charge is 0.338 e. The van der Waals surface area contributed by atoms with E-state index in [2.05, 4.69) is 22.9 Å². The van der Waals surface area contributed by atoms with Crippen molar-refractivity contribution in [3.8, 4) is 0 Å².